The normalized spacial score (nSPS) is 10.8. The first-order valence-electron chi connectivity index (χ1n) is 7.53. The standard InChI is InChI=1S/C18H21NO3/c1-2-3-4-13-21-17-9-7-15(8-10-17)19-18(20)12-11-16-6-5-14-22-16/h5-12,14H,2-4,13H2,1H3,(H,19,20). The molecule has 0 unspecified atom stereocenters. The van der Waals surface area contributed by atoms with Gasteiger partial charge in [-0.05, 0) is 48.9 Å². The monoisotopic (exact) mass is 299 g/mol. The topological polar surface area (TPSA) is 51.5 Å². The summed E-state index contributed by atoms with van der Waals surface area (Å²) in [6.45, 7) is 2.89. The summed E-state index contributed by atoms with van der Waals surface area (Å²) in [4.78, 5) is 11.8. The molecule has 0 atom stereocenters. The zero-order valence-electron chi connectivity index (χ0n) is 12.7. The number of carbonyl (C=O) groups excluding carboxylic acids is 1. The number of benzene rings is 1. The predicted molar refractivity (Wildman–Crippen MR) is 87.8 cm³/mol. The van der Waals surface area contributed by atoms with Gasteiger partial charge in [-0.15, -0.1) is 0 Å². The van der Waals surface area contributed by atoms with Crippen LogP contribution in [-0.4, -0.2) is 12.5 Å². The summed E-state index contributed by atoms with van der Waals surface area (Å²) in [5.74, 6) is 1.26. The first-order valence-corrected chi connectivity index (χ1v) is 7.53. The fourth-order valence-corrected chi connectivity index (χ4v) is 1.90. The molecule has 4 nitrogen and oxygen atoms in total. The van der Waals surface area contributed by atoms with Gasteiger partial charge in [0.15, 0.2) is 0 Å². The molecule has 4 heteroatoms. The van der Waals surface area contributed by atoms with E-state index in [0.717, 1.165) is 24.5 Å². The number of amides is 1. The number of rotatable bonds is 8. The van der Waals surface area contributed by atoms with E-state index in [1.54, 1.807) is 24.5 Å². The van der Waals surface area contributed by atoms with Gasteiger partial charge in [-0.25, -0.2) is 0 Å². The van der Waals surface area contributed by atoms with Gasteiger partial charge < -0.3 is 14.5 Å². The van der Waals surface area contributed by atoms with Crippen molar-refractivity contribution in [1.82, 2.24) is 0 Å². The maximum atomic E-state index is 11.8. The first-order chi connectivity index (χ1) is 10.8. The molecule has 0 radical (unpaired) electrons. The van der Waals surface area contributed by atoms with Gasteiger partial charge in [0.1, 0.15) is 11.5 Å². The lowest BCUT2D eigenvalue weighted by atomic mass is 10.2. The summed E-state index contributed by atoms with van der Waals surface area (Å²) in [5.41, 5.74) is 0.731. The van der Waals surface area contributed by atoms with E-state index >= 15 is 0 Å². The SMILES string of the molecule is CCCCCOc1ccc(NC(=O)C=Cc2ccco2)cc1. The van der Waals surface area contributed by atoms with Gasteiger partial charge in [0.25, 0.3) is 0 Å². The molecule has 0 aliphatic rings. The summed E-state index contributed by atoms with van der Waals surface area (Å²) < 4.78 is 10.7. The predicted octanol–water partition coefficient (Wildman–Crippen LogP) is 4.50. The van der Waals surface area contributed by atoms with E-state index in [4.69, 9.17) is 9.15 Å². The Morgan fingerprint density at radius 1 is 1.23 bits per heavy atom. The number of hydrogen-bond donors (Lipinski definition) is 1. The Kier molecular flexibility index (Phi) is 6.30. The Labute approximate surface area is 130 Å². The smallest absolute Gasteiger partial charge is 0.248 e. The van der Waals surface area contributed by atoms with Gasteiger partial charge in [-0.3, -0.25) is 4.79 Å². The van der Waals surface area contributed by atoms with Crippen LogP contribution in [0.5, 0.6) is 5.75 Å². The molecule has 1 aromatic heterocycles. The lowest BCUT2D eigenvalue weighted by Crippen LogP contribution is -2.07. The lowest BCUT2D eigenvalue weighted by molar-refractivity contribution is -0.111. The molecule has 1 heterocycles. The van der Waals surface area contributed by atoms with Crippen LogP contribution in [-0.2, 0) is 4.79 Å². The maximum absolute atomic E-state index is 11.8. The molecule has 0 bridgehead atoms. The van der Waals surface area contributed by atoms with E-state index in [9.17, 15) is 4.79 Å². The minimum absolute atomic E-state index is 0.201. The molecule has 0 saturated carbocycles. The summed E-state index contributed by atoms with van der Waals surface area (Å²) >= 11 is 0. The van der Waals surface area contributed by atoms with Crippen molar-refractivity contribution in [2.75, 3.05) is 11.9 Å². The fourth-order valence-electron chi connectivity index (χ4n) is 1.90. The van der Waals surface area contributed by atoms with Crippen LogP contribution >= 0.6 is 0 Å². The molecule has 1 N–H and O–H groups in total. The molecular weight excluding hydrogens is 278 g/mol. The molecular formula is C18H21NO3. The van der Waals surface area contributed by atoms with E-state index in [0.29, 0.717) is 5.76 Å². The Morgan fingerprint density at radius 3 is 2.73 bits per heavy atom. The molecule has 0 fully saturated rings. The first kappa shape index (κ1) is 15.9. The van der Waals surface area contributed by atoms with Crippen LogP contribution in [0.25, 0.3) is 6.08 Å². The van der Waals surface area contributed by atoms with Gasteiger partial charge in [0.2, 0.25) is 5.91 Å². The molecule has 2 rings (SSSR count). The zero-order chi connectivity index (χ0) is 15.6. The average molecular weight is 299 g/mol. The molecule has 1 aromatic carbocycles. The third kappa shape index (κ3) is 5.48. The van der Waals surface area contributed by atoms with Crippen LogP contribution in [0.15, 0.2) is 53.2 Å². The highest BCUT2D eigenvalue weighted by Gasteiger charge is 1.99. The number of carbonyl (C=O) groups is 1. The maximum Gasteiger partial charge on any atom is 0.248 e. The highest BCUT2D eigenvalue weighted by atomic mass is 16.5. The summed E-state index contributed by atoms with van der Waals surface area (Å²) in [5, 5.41) is 2.79. The zero-order valence-corrected chi connectivity index (χ0v) is 12.7. The Hall–Kier alpha value is -2.49. The van der Waals surface area contributed by atoms with Crippen molar-refractivity contribution >= 4 is 17.7 Å². The largest absolute Gasteiger partial charge is 0.494 e. The number of anilines is 1. The van der Waals surface area contributed by atoms with Crippen LogP contribution in [0.4, 0.5) is 5.69 Å². The van der Waals surface area contributed by atoms with Gasteiger partial charge in [0, 0.05) is 11.8 Å². The number of unbranched alkanes of at least 4 members (excludes halogenated alkanes) is 2. The second-order valence-corrected chi connectivity index (χ2v) is 4.92. The van der Waals surface area contributed by atoms with E-state index < -0.39 is 0 Å². The van der Waals surface area contributed by atoms with E-state index in [1.165, 1.54) is 18.9 Å². The van der Waals surface area contributed by atoms with E-state index in [2.05, 4.69) is 12.2 Å². The van der Waals surface area contributed by atoms with E-state index in [1.807, 2.05) is 24.3 Å². The van der Waals surface area contributed by atoms with Gasteiger partial charge >= 0.3 is 0 Å². The second kappa shape index (κ2) is 8.72. The number of furan rings is 1. The number of nitrogens with one attached hydrogen (secondary N) is 1. The minimum atomic E-state index is -0.201. The Morgan fingerprint density at radius 2 is 2.05 bits per heavy atom. The summed E-state index contributed by atoms with van der Waals surface area (Å²) in [7, 11) is 0. The van der Waals surface area contributed by atoms with Crippen molar-refractivity contribution in [2.45, 2.75) is 26.2 Å². The number of hydrogen-bond acceptors (Lipinski definition) is 3. The van der Waals surface area contributed by atoms with Crippen LogP contribution in [0.3, 0.4) is 0 Å². The van der Waals surface area contributed by atoms with Crippen LogP contribution in [0.1, 0.15) is 31.9 Å². The highest BCUT2D eigenvalue weighted by molar-refractivity contribution is 6.01. The number of ether oxygens (including phenoxy) is 1. The quantitative estimate of drug-likeness (QED) is 0.576. The molecule has 1 amide bonds. The van der Waals surface area contributed by atoms with Crippen molar-refractivity contribution < 1.29 is 13.9 Å². The van der Waals surface area contributed by atoms with Gasteiger partial charge in [0.05, 0.1) is 12.9 Å². The molecule has 0 spiro atoms. The van der Waals surface area contributed by atoms with Crippen molar-refractivity contribution in [1.29, 1.82) is 0 Å². The molecule has 0 aliphatic carbocycles. The van der Waals surface area contributed by atoms with Crippen LogP contribution in [0.2, 0.25) is 0 Å². The Bertz CT molecular complexity index is 585. The highest BCUT2D eigenvalue weighted by Crippen LogP contribution is 2.16. The van der Waals surface area contributed by atoms with Gasteiger partial charge in [-0.2, -0.15) is 0 Å². The second-order valence-electron chi connectivity index (χ2n) is 4.92. The molecule has 22 heavy (non-hydrogen) atoms. The minimum Gasteiger partial charge on any atom is -0.494 e. The van der Waals surface area contributed by atoms with Crippen molar-refractivity contribution in [3.63, 3.8) is 0 Å². The Balaban J connectivity index is 1.79. The fraction of sp³-hybridized carbons (Fsp3) is 0.278. The van der Waals surface area contributed by atoms with Crippen LogP contribution in [0, 0.1) is 0 Å². The summed E-state index contributed by atoms with van der Waals surface area (Å²) in [6.07, 6.45) is 8.05. The lowest BCUT2D eigenvalue weighted by Gasteiger charge is -2.07. The molecule has 2 aromatic rings. The van der Waals surface area contributed by atoms with Crippen molar-refractivity contribution in [3.8, 4) is 5.75 Å². The molecule has 116 valence electrons. The van der Waals surface area contributed by atoms with Crippen molar-refractivity contribution in [3.05, 3.63) is 54.5 Å². The third-order valence-corrected chi connectivity index (χ3v) is 3.08. The van der Waals surface area contributed by atoms with E-state index in [-0.39, 0.29) is 5.91 Å². The molecule has 0 aliphatic heterocycles. The van der Waals surface area contributed by atoms with Gasteiger partial charge in [-0.1, -0.05) is 19.8 Å². The molecule has 0 saturated heterocycles. The average Bonchev–Trinajstić information content (AvgIpc) is 3.05. The van der Waals surface area contributed by atoms with Crippen molar-refractivity contribution in [2.24, 2.45) is 0 Å². The third-order valence-electron chi connectivity index (χ3n) is 3.08. The summed E-state index contributed by atoms with van der Waals surface area (Å²) in [6, 6.07) is 10.9. The van der Waals surface area contributed by atoms with Crippen LogP contribution < -0.4 is 10.1 Å².